The standard InChI is InChI=1S/C11H20N2O2/c1-8(2)9(14)6-13-5-4-11(3,7-13)10(12)15/h8H,4-7H2,1-3H3,(H2,12,15). The van der Waals surface area contributed by atoms with Crippen molar-refractivity contribution in [1.82, 2.24) is 4.90 Å². The topological polar surface area (TPSA) is 63.4 Å². The molecule has 4 heteroatoms. The van der Waals surface area contributed by atoms with Crippen LogP contribution in [0, 0.1) is 11.3 Å². The van der Waals surface area contributed by atoms with Crippen LogP contribution >= 0.6 is 0 Å². The molecule has 15 heavy (non-hydrogen) atoms. The number of primary amides is 1. The Balaban J connectivity index is 2.50. The van der Waals surface area contributed by atoms with Crippen molar-refractivity contribution >= 4 is 11.7 Å². The van der Waals surface area contributed by atoms with Gasteiger partial charge in [-0.05, 0) is 19.9 Å². The van der Waals surface area contributed by atoms with E-state index in [1.807, 2.05) is 25.7 Å². The molecule has 1 rings (SSSR count). The zero-order valence-electron chi connectivity index (χ0n) is 9.75. The Bertz CT molecular complexity index is 276. The fourth-order valence-electron chi connectivity index (χ4n) is 1.80. The minimum absolute atomic E-state index is 0.0606. The number of Topliss-reactive ketones (excluding diaryl/α,β-unsaturated/α-hetero) is 1. The number of likely N-dealkylation sites (tertiary alicyclic amines) is 1. The lowest BCUT2D eigenvalue weighted by Gasteiger charge is -2.20. The molecule has 0 aromatic rings. The molecule has 0 radical (unpaired) electrons. The zero-order valence-corrected chi connectivity index (χ0v) is 9.75. The average Bonchev–Trinajstić information content (AvgIpc) is 2.48. The highest BCUT2D eigenvalue weighted by Gasteiger charge is 2.39. The van der Waals surface area contributed by atoms with Crippen molar-refractivity contribution in [3.63, 3.8) is 0 Å². The van der Waals surface area contributed by atoms with Gasteiger partial charge in [0.05, 0.1) is 12.0 Å². The predicted molar refractivity (Wildman–Crippen MR) is 58.2 cm³/mol. The Morgan fingerprint density at radius 1 is 1.47 bits per heavy atom. The van der Waals surface area contributed by atoms with Gasteiger partial charge in [-0.1, -0.05) is 13.8 Å². The van der Waals surface area contributed by atoms with Gasteiger partial charge in [-0.15, -0.1) is 0 Å². The van der Waals surface area contributed by atoms with Crippen LogP contribution in [0.3, 0.4) is 0 Å². The van der Waals surface area contributed by atoms with Gasteiger partial charge in [-0.3, -0.25) is 14.5 Å². The first-order valence-electron chi connectivity index (χ1n) is 5.40. The molecule has 1 atom stereocenters. The summed E-state index contributed by atoms with van der Waals surface area (Å²) in [5.74, 6) is 0.0242. The van der Waals surface area contributed by atoms with E-state index in [-0.39, 0.29) is 17.6 Å². The summed E-state index contributed by atoms with van der Waals surface area (Å²) in [6, 6.07) is 0. The van der Waals surface area contributed by atoms with Gasteiger partial charge in [0.15, 0.2) is 0 Å². The van der Waals surface area contributed by atoms with Crippen molar-refractivity contribution in [3.8, 4) is 0 Å². The lowest BCUT2D eigenvalue weighted by molar-refractivity contribution is -0.127. The largest absolute Gasteiger partial charge is 0.369 e. The number of carbonyl (C=O) groups is 2. The summed E-state index contributed by atoms with van der Waals surface area (Å²) in [6.07, 6.45) is 0.758. The molecule has 0 aromatic heterocycles. The third kappa shape index (κ3) is 2.78. The second-order valence-electron chi connectivity index (χ2n) is 5.01. The highest BCUT2D eigenvalue weighted by atomic mass is 16.1. The molecule has 0 aromatic carbocycles. The number of carbonyl (C=O) groups excluding carboxylic acids is 2. The third-order valence-corrected chi connectivity index (χ3v) is 3.17. The lowest BCUT2D eigenvalue weighted by Crippen LogP contribution is -2.38. The first-order valence-corrected chi connectivity index (χ1v) is 5.40. The maximum absolute atomic E-state index is 11.5. The van der Waals surface area contributed by atoms with E-state index in [1.54, 1.807) is 0 Å². The minimum Gasteiger partial charge on any atom is -0.369 e. The Kier molecular flexibility index (Phi) is 3.50. The Morgan fingerprint density at radius 3 is 2.47 bits per heavy atom. The van der Waals surface area contributed by atoms with E-state index in [1.165, 1.54) is 0 Å². The molecule has 1 saturated heterocycles. The molecule has 1 amide bonds. The lowest BCUT2D eigenvalue weighted by atomic mass is 9.89. The monoisotopic (exact) mass is 212 g/mol. The quantitative estimate of drug-likeness (QED) is 0.734. The Morgan fingerprint density at radius 2 is 2.07 bits per heavy atom. The van der Waals surface area contributed by atoms with Crippen LogP contribution in [0.4, 0.5) is 0 Å². The smallest absolute Gasteiger partial charge is 0.224 e. The van der Waals surface area contributed by atoms with Gasteiger partial charge in [0.2, 0.25) is 5.91 Å². The van der Waals surface area contributed by atoms with E-state index in [0.29, 0.717) is 13.1 Å². The van der Waals surface area contributed by atoms with Crippen molar-refractivity contribution in [1.29, 1.82) is 0 Å². The number of nitrogens with zero attached hydrogens (tertiary/aromatic N) is 1. The van der Waals surface area contributed by atoms with E-state index in [0.717, 1.165) is 13.0 Å². The van der Waals surface area contributed by atoms with E-state index < -0.39 is 5.41 Å². The summed E-state index contributed by atoms with van der Waals surface area (Å²) in [7, 11) is 0. The van der Waals surface area contributed by atoms with E-state index >= 15 is 0 Å². The van der Waals surface area contributed by atoms with Crippen LogP contribution < -0.4 is 5.73 Å². The van der Waals surface area contributed by atoms with Crippen LogP contribution in [0.2, 0.25) is 0 Å². The second kappa shape index (κ2) is 4.31. The Hall–Kier alpha value is -0.900. The van der Waals surface area contributed by atoms with Crippen LogP contribution in [0.1, 0.15) is 27.2 Å². The van der Waals surface area contributed by atoms with Gasteiger partial charge in [0.1, 0.15) is 5.78 Å². The summed E-state index contributed by atoms with van der Waals surface area (Å²) >= 11 is 0. The Labute approximate surface area is 90.8 Å². The summed E-state index contributed by atoms with van der Waals surface area (Å²) < 4.78 is 0. The molecule has 1 fully saturated rings. The first kappa shape index (κ1) is 12.2. The number of hydrogen-bond donors (Lipinski definition) is 1. The molecule has 1 unspecified atom stereocenters. The van der Waals surface area contributed by atoms with Gasteiger partial charge in [0, 0.05) is 12.5 Å². The molecule has 0 saturated carbocycles. The predicted octanol–water partition coefficient (Wildman–Crippen LogP) is 0.409. The number of hydrogen-bond acceptors (Lipinski definition) is 3. The molecule has 1 aliphatic heterocycles. The highest BCUT2D eigenvalue weighted by Crippen LogP contribution is 2.29. The van der Waals surface area contributed by atoms with Gasteiger partial charge in [0.25, 0.3) is 0 Å². The highest BCUT2D eigenvalue weighted by molar-refractivity contribution is 5.83. The van der Waals surface area contributed by atoms with Gasteiger partial charge in [-0.2, -0.15) is 0 Å². The molecule has 1 heterocycles. The van der Waals surface area contributed by atoms with Gasteiger partial charge in [-0.25, -0.2) is 0 Å². The van der Waals surface area contributed by atoms with E-state index in [4.69, 9.17) is 5.73 Å². The molecule has 0 spiro atoms. The summed E-state index contributed by atoms with van der Waals surface area (Å²) in [5, 5.41) is 0. The molecule has 4 nitrogen and oxygen atoms in total. The van der Waals surface area contributed by atoms with Crippen molar-refractivity contribution in [2.45, 2.75) is 27.2 Å². The molecule has 2 N–H and O–H groups in total. The summed E-state index contributed by atoms with van der Waals surface area (Å²) in [4.78, 5) is 24.7. The maximum atomic E-state index is 11.5. The number of rotatable bonds is 4. The molecule has 0 bridgehead atoms. The van der Waals surface area contributed by atoms with Crippen LogP contribution in [0.5, 0.6) is 0 Å². The van der Waals surface area contributed by atoms with Crippen LogP contribution in [0.15, 0.2) is 0 Å². The number of amides is 1. The van der Waals surface area contributed by atoms with Crippen LogP contribution in [-0.2, 0) is 9.59 Å². The molecule has 86 valence electrons. The third-order valence-electron chi connectivity index (χ3n) is 3.17. The average molecular weight is 212 g/mol. The maximum Gasteiger partial charge on any atom is 0.224 e. The SMILES string of the molecule is CC(C)C(=O)CN1CCC(C)(C(N)=O)C1. The fourth-order valence-corrected chi connectivity index (χ4v) is 1.80. The van der Waals surface area contributed by atoms with Crippen LogP contribution in [0.25, 0.3) is 0 Å². The van der Waals surface area contributed by atoms with E-state index in [2.05, 4.69) is 0 Å². The van der Waals surface area contributed by atoms with Gasteiger partial charge < -0.3 is 5.73 Å². The number of ketones is 1. The van der Waals surface area contributed by atoms with Crippen molar-refractivity contribution in [2.24, 2.45) is 17.1 Å². The normalized spacial score (nSPS) is 27.2. The molecular formula is C11H20N2O2. The number of nitrogens with two attached hydrogens (primary N) is 1. The van der Waals surface area contributed by atoms with E-state index in [9.17, 15) is 9.59 Å². The molecule has 1 aliphatic rings. The van der Waals surface area contributed by atoms with Gasteiger partial charge >= 0.3 is 0 Å². The zero-order chi connectivity index (χ0) is 11.6. The summed E-state index contributed by atoms with van der Waals surface area (Å²) in [6.45, 7) is 7.51. The summed E-state index contributed by atoms with van der Waals surface area (Å²) in [5.41, 5.74) is 4.89. The first-order chi connectivity index (χ1) is 6.85. The van der Waals surface area contributed by atoms with Crippen molar-refractivity contribution in [3.05, 3.63) is 0 Å². The minimum atomic E-state index is -0.447. The molecular weight excluding hydrogens is 192 g/mol. The fraction of sp³-hybridized carbons (Fsp3) is 0.818. The molecule has 0 aliphatic carbocycles. The van der Waals surface area contributed by atoms with Crippen LogP contribution in [-0.4, -0.2) is 36.2 Å². The van der Waals surface area contributed by atoms with Crippen molar-refractivity contribution in [2.75, 3.05) is 19.6 Å². The second-order valence-corrected chi connectivity index (χ2v) is 5.01. The van der Waals surface area contributed by atoms with Crippen molar-refractivity contribution < 1.29 is 9.59 Å².